The molecule has 1 aliphatic carbocycles. The van der Waals surface area contributed by atoms with Crippen LogP contribution < -0.4 is 0 Å². The second kappa shape index (κ2) is 7.08. The molecule has 0 aliphatic heterocycles. The molecule has 0 spiro atoms. The molecule has 0 heterocycles. The van der Waals surface area contributed by atoms with Gasteiger partial charge in [0, 0.05) is 0 Å². The summed E-state index contributed by atoms with van der Waals surface area (Å²) < 4.78 is 4.94. The molecule has 0 atom stereocenters. The van der Waals surface area contributed by atoms with Crippen LogP contribution in [0.3, 0.4) is 0 Å². The molecule has 0 aromatic rings. The lowest BCUT2D eigenvalue weighted by Crippen LogP contribution is -2.04. The Labute approximate surface area is 97.7 Å². The topological polar surface area (TPSA) is 26.3 Å². The van der Waals surface area contributed by atoms with Gasteiger partial charge in [0.25, 0.3) is 0 Å². The number of rotatable bonds is 5. The predicted octanol–water partition coefficient (Wildman–Crippen LogP) is 3.54. The summed E-state index contributed by atoms with van der Waals surface area (Å²) >= 11 is 0. The average Bonchev–Trinajstić information content (AvgIpc) is 2.71. The lowest BCUT2D eigenvalue weighted by atomic mass is 10.1. The first-order chi connectivity index (χ1) is 7.76. The Morgan fingerprint density at radius 2 is 2.19 bits per heavy atom. The Bertz CT molecular complexity index is 312. The van der Waals surface area contributed by atoms with Crippen LogP contribution in [-0.2, 0) is 9.53 Å². The quantitative estimate of drug-likeness (QED) is 0.402. The third kappa shape index (κ3) is 4.50. The summed E-state index contributed by atoms with van der Waals surface area (Å²) in [4.78, 5) is 11.4. The normalized spacial score (nSPS) is 14.4. The van der Waals surface area contributed by atoms with Gasteiger partial charge in [-0.15, -0.1) is 12.3 Å². The van der Waals surface area contributed by atoms with Crippen molar-refractivity contribution in [2.24, 2.45) is 0 Å². The molecule has 0 unspecified atom stereocenters. The molecule has 1 saturated carbocycles. The first-order valence-corrected chi connectivity index (χ1v) is 5.99. The zero-order chi connectivity index (χ0) is 11.8. The van der Waals surface area contributed by atoms with E-state index in [-0.39, 0.29) is 5.97 Å². The summed E-state index contributed by atoms with van der Waals surface area (Å²) in [5.74, 6) is -0.162. The Morgan fingerprint density at radius 1 is 1.50 bits per heavy atom. The van der Waals surface area contributed by atoms with E-state index in [1.54, 1.807) is 0 Å². The molecule has 16 heavy (non-hydrogen) atoms. The Morgan fingerprint density at radius 3 is 2.75 bits per heavy atom. The second-order valence-electron chi connectivity index (χ2n) is 4.01. The number of carbonyl (C=O) groups is 1. The second-order valence-corrected chi connectivity index (χ2v) is 4.01. The SMILES string of the molecule is C=CCC(=C=C1CCCC1)CC(=O)OCC. The monoisotopic (exact) mass is 220 g/mol. The third-order valence-electron chi connectivity index (χ3n) is 2.61. The van der Waals surface area contributed by atoms with Gasteiger partial charge in [-0.3, -0.25) is 4.79 Å². The molecular weight excluding hydrogens is 200 g/mol. The van der Waals surface area contributed by atoms with Crippen LogP contribution in [0.5, 0.6) is 0 Å². The minimum atomic E-state index is -0.162. The van der Waals surface area contributed by atoms with Crippen LogP contribution in [-0.4, -0.2) is 12.6 Å². The maximum atomic E-state index is 11.4. The average molecular weight is 220 g/mol. The zero-order valence-corrected chi connectivity index (χ0v) is 10.1. The Kier molecular flexibility index (Phi) is 5.66. The first kappa shape index (κ1) is 12.8. The van der Waals surface area contributed by atoms with Crippen LogP contribution in [0.4, 0.5) is 0 Å². The highest BCUT2D eigenvalue weighted by molar-refractivity contribution is 5.72. The fourth-order valence-corrected chi connectivity index (χ4v) is 1.90. The molecule has 0 radical (unpaired) electrons. The van der Waals surface area contributed by atoms with E-state index in [0.717, 1.165) is 24.8 Å². The van der Waals surface area contributed by atoms with Crippen LogP contribution in [0.2, 0.25) is 0 Å². The van der Waals surface area contributed by atoms with E-state index < -0.39 is 0 Å². The van der Waals surface area contributed by atoms with Crippen molar-refractivity contribution >= 4 is 5.97 Å². The predicted molar refractivity (Wildman–Crippen MR) is 65.1 cm³/mol. The van der Waals surface area contributed by atoms with Gasteiger partial charge in [-0.25, -0.2) is 0 Å². The maximum absolute atomic E-state index is 11.4. The molecule has 0 N–H and O–H groups in total. The van der Waals surface area contributed by atoms with Crippen molar-refractivity contribution in [3.05, 3.63) is 29.5 Å². The Hall–Kier alpha value is -1.27. The molecule has 0 amide bonds. The van der Waals surface area contributed by atoms with E-state index in [1.165, 1.54) is 18.4 Å². The Balaban J connectivity index is 2.69. The van der Waals surface area contributed by atoms with E-state index in [1.807, 2.05) is 13.0 Å². The number of carbonyl (C=O) groups excluding carboxylic acids is 1. The molecule has 0 aromatic carbocycles. The molecule has 2 heteroatoms. The van der Waals surface area contributed by atoms with Gasteiger partial charge < -0.3 is 4.74 Å². The molecule has 1 fully saturated rings. The molecule has 88 valence electrons. The summed E-state index contributed by atoms with van der Waals surface area (Å²) in [6, 6.07) is 0. The number of esters is 1. The van der Waals surface area contributed by atoms with Crippen molar-refractivity contribution < 1.29 is 9.53 Å². The zero-order valence-electron chi connectivity index (χ0n) is 10.1. The summed E-state index contributed by atoms with van der Waals surface area (Å²) in [5, 5.41) is 0. The van der Waals surface area contributed by atoms with Gasteiger partial charge in [0.1, 0.15) is 0 Å². The first-order valence-electron chi connectivity index (χ1n) is 5.99. The number of hydrogen-bond acceptors (Lipinski definition) is 2. The van der Waals surface area contributed by atoms with Crippen molar-refractivity contribution in [2.45, 2.75) is 45.4 Å². The van der Waals surface area contributed by atoms with Gasteiger partial charge in [-0.05, 0) is 50.2 Å². The van der Waals surface area contributed by atoms with Gasteiger partial charge >= 0.3 is 5.97 Å². The highest BCUT2D eigenvalue weighted by Gasteiger charge is 2.08. The summed E-state index contributed by atoms with van der Waals surface area (Å²) in [6.45, 7) is 5.97. The van der Waals surface area contributed by atoms with Crippen molar-refractivity contribution in [3.63, 3.8) is 0 Å². The molecular formula is C14H20O2. The van der Waals surface area contributed by atoms with E-state index in [0.29, 0.717) is 13.0 Å². The van der Waals surface area contributed by atoms with E-state index >= 15 is 0 Å². The van der Waals surface area contributed by atoms with Crippen molar-refractivity contribution in [2.75, 3.05) is 6.61 Å². The highest BCUT2D eigenvalue weighted by Crippen LogP contribution is 2.24. The molecule has 2 nitrogen and oxygen atoms in total. The molecule has 1 rings (SSSR count). The van der Waals surface area contributed by atoms with E-state index in [9.17, 15) is 4.79 Å². The fourth-order valence-electron chi connectivity index (χ4n) is 1.90. The third-order valence-corrected chi connectivity index (χ3v) is 2.61. The largest absolute Gasteiger partial charge is 0.466 e. The van der Waals surface area contributed by atoms with Gasteiger partial charge in [0.2, 0.25) is 0 Å². The van der Waals surface area contributed by atoms with Crippen LogP contribution in [0.25, 0.3) is 0 Å². The van der Waals surface area contributed by atoms with Crippen LogP contribution in [0.15, 0.2) is 29.5 Å². The van der Waals surface area contributed by atoms with Crippen LogP contribution in [0.1, 0.15) is 45.4 Å². The molecule has 0 saturated heterocycles. The van der Waals surface area contributed by atoms with Gasteiger partial charge in [0.15, 0.2) is 0 Å². The summed E-state index contributed by atoms with van der Waals surface area (Å²) in [5.41, 5.74) is 5.72. The minimum absolute atomic E-state index is 0.162. The van der Waals surface area contributed by atoms with Crippen LogP contribution >= 0.6 is 0 Å². The smallest absolute Gasteiger partial charge is 0.310 e. The molecule has 1 aliphatic rings. The van der Waals surface area contributed by atoms with Gasteiger partial charge in [-0.2, -0.15) is 0 Å². The number of allylic oxidation sites excluding steroid dienone is 1. The van der Waals surface area contributed by atoms with Gasteiger partial charge in [-0.1, -0.05) is 6.08 Å². The van der Waals surface area contributed by atoms with Crippen molar-refractivity contribution in [1.29, 1.82) is 0 Å². The van der Waals surface area contributed by atoms with Crippen molar-refractivity contribution in [1.82, 2.24) is 0 Å². The summed E-state index contributed by atoms with van der Waals surface area (Å²) in [6.07, 6.45) is 7.65. The number of hydrogen-bond donors (Lipinski definition) is 0. The number of ether oxygens (including phenoxy) is 1. The van der Waals surface area contributed by atoms with Gasteiger partial charge in [0.05, 0.1) is 13.0 Å². The van der Waals surface area contributed by atoms with E-state index in [2.05, 4.69) is 12.3 Å². The van der Waals surface area contributed by atoms with E-state index in [4.69, 9.17) is 4.74 Å². The highest BCUT2D eigenvalue weighted by atomic mass is 16.5. The summed E-state index contributed by atoms with van der Waals surface area (Å²) in [7, 11) is 0. The molecule has 0 bridgehead atoms. The lowest BCUT2D eigenvalue weighted by Gasteiger charge is -2.02. The maximum Gasteiger partial charge on any atom is 0.310 e. The minimum Gasteiger partial charge on any atom is -0.466 e. The molecule has 0 aromatic heterocycles. The fraction of sp³-hybridized carbons (Fsp3) is 0.571. The standard InChI is InChI=1S/C14H20O2/c1-3-7-13(11-14(15)16-4-2)10-12-8-5-6-9-12/h3H,1,4-9,11H2,2H3. The van der Waals surface area contributed by atoms with Crippen molar-refractivity contribution in [3.8, 4) is 0 Å². The van der Waals surface area contributed by atoms with Crippen LogP contribution in [0, 0.1) is 0 Å². The lowest BCUT2D eigenvalue weighted by molar-refractivity contribution is -0.142.